The van der Waals surface area contributed by atoms with E-state index in [0.717, 1.165) is 0 Å². The number of carbonyl (C=O) groups is 1. The first-order valence-electron chi connectivity index (χ1n) is 10.4. The normalized spacial score (nSPS) is 54.4. The average Bonchev–Trinajstić information content (AvgIpc) is 2.85. The summed E-state index contributed by atoms with van der Waals surface area (Å²) in [5.41, 5.74) is -1.53. The number of esters is 1. The van der Waals surface area contributed by atoms with Crippen molar-refractivity contribution in [2.75, 3.05) is 6.61 Å². The van der Waals surface area contributed by atoms with Crippen LogP contribution in [0, 0.1) is 28.1 Å². The molecule has 4 N–H and O–H groups in total. The van der Waals surface area contributed by atoms with Crippen LogP contribution >= 0.6 is 0 Å². The van der Waals surface area contributed by atoms with Gasteiger partial charge in [0.2, 0.25) is 5.79 Å². The highest BCUT2D eigenvalue weighted by Crippen LogP contribution is 2.76. The lowest BCUT2D eigenvalue weighted by Gasteiger charge is -2.73. The number of aliphatic hydroxyl groups is 4. The van der Waals surface area contributed by atoms with E-state index in [4.69, 9.17) is 9.47 Å². The van der Waals surface area contributed by atoms with E-state index < -0.39 is 58.8 Å². The van der Waals surface area contributed by atoms with Gasteiger partial charge >= 0.3 is 5.97 Å². The Morgan fingerprint density at radius 2 is 2.00 bits per heavy atom. The minimum atomic E-state index is -2.00. The van der Waals surface area contributed by atoms with Gasteiger partial charge in [0, 0.05) is 18.8 Å². The second-order valence-electron chi connectivity index (χ2n) is 10.4. The highest BCUT2D eigenvalue weighted by molar-refractivity contribution is 5.66. The van der Waals surface area contributed by atoms with Crippen LogP contribution in [0.3, 0.4) is 0 Å². The molecule has 7 heteroatoms. The number of fused-ring (bicyclic) bond motifs is 2. The van der Waals surface area contributed by atoms with E-state index in [-0.39, 0.29) is 18.4 Å². The summed E-state index contributed by atoms with van der Waals surface area (Å²) >= 11 is 0. The van der Waals surface area contributed by atoms with Gasteiger partial charge in [-0.2, -0.15) is 0 Å². The fraction of sp³-hybridized carbons (Fsp3) is 0.773. The lowest BCUT2D eigenvalue weighted by molar-refractivity contribution is -0.419. The summed E-state index contributed by atoms with van der Waals surface area (Å²) in [5.74, 6) is -3.32. The summed E-state index contributed by atoms with van der Waals surface area (Å²) in [6.07, 6.45) is -0.678. The highest BCUT2D eigenvalue weighted by Gasteiger charge is 2.83. The molecule has 2 saturated heterocycles. The summed E-state index contributed by atoms with van der Waals surface area (Å²) in [6.45, 7) is 9.46. The van der Waals surface area contributed by atoms with Gasteiger partial charge in [-0.25, -0.2) is 0 Å². The Labute approximate surface area is 170 Å². The summed E-state index contributed by atoms with van der Waals surface area (Å²) in [6, 6.07) is 0. The number of rotatable bonds is 1. The number of hydrogen-bond donors (Lipinski definition) is 4. The molecule has 7 nitrogen and oxygen atoms in total. The second-order valence-corrected chi connectivity index (χ2v) is 10.4. The number of hydrogen-bond acceptors (Lipinski definition) is 7. The Kier molecular flexibility index (Phi) is 3.74. The monoisotopic (exact) mass is 406 g/mol. The Morgan fingerprint density at radius 1 is 1.31 bits per heavy atom. The quantitative estimate of drug-likeness (QED) is 0.373. The Morgan fingerprint density at radius 3 is 2.66 bits per heavy atom. The molecular formula is C22H30O7. The van der Waals surface area contributed by atoms with Crippen molar-refractivity contribution in [3.63, 3.8) is 0 Å². The van der Waals surface area contributed by atoms with Gasteiger partial charge in [-0.3, -0.25) is 4.79 Å². The standard InChI is InChI=1S/C22H30O7/c1-10-12-8-21(17(10)25)14(7-13(12)24)20-9-28-22(21,27)18(26)16(20)19(3,4)6-5-15(20)29-11(2)23/h7,12-13,15-18,24-27H,1,5-6,8-9H2,2-4H3/t12-,13+,15+,16-,17-,18+,20-,21+,22-/m1/s1. The molecule has 6 aliphatic rings. The van der Waals surface area contributed by atoms with Crippen molar-refractivity contribution in [1.82, 2.24) is 0 Å². The number of carbonyl (C=O) groups excluding carboxylic acids is 1. The molecule has 0 aromatic heterocycles. The van der Waals surface area contributed by atoms with E-state index in [9.17, 15) is 25.2 Å². The molecule has 3 saturated carbocycles. The zero-order chi connectivity index (χ0) is 21.1. The van der Waals surface area contributed by atoms with Gasteiger partial charge in [-0.1, -0.05) is 26.5 Å². The van der Waals surface area contributed by atoms with Crippen LogP contribution in [-0.2, 0) is 14.3 Å². The summed E-state index contributed by atoms with van der Waals surface area (Å²) in [5, 5.41) is 45.4. The van der Waals surface area contributed by atoms with E-state index in [2.05, 4.69) is 6.58 Å². The summed E-state index contributed by atoms with van der Waals surface area (Å²) in [7, 11) is 0. The molecule has 0 amide bonds. The minimum absolute atomic E-state index is 0.0524. The van der Waals surface area contributed by atoms with Gasteiger partial charge in [0.25, 0.3) is 0 Å². The zero-order valence-electron chi connectivity index (χ0n) is 17.1. The molecule has 4 aliphatic carbocycles. The summed E-state index contributed by atoms with van der Waals surface area (Å²) in [4.78, 5) is 12.0. The van der Waals surface area contributed by atoms with Gasteiger partial charge in [0.1, 0.15) is 12.2 Å². The van der Waals surface area contributed by atoms with Crippen LogP contribution in [0.25, 0.3) is 0 Å². The van der Waals surface area contributed by atoms with Gasteiger partial charge in [0.15, 0.2) is 0 Å². The van der Waals surface area contributed by atoms with E-state index in [1.165, 1.54) is 6.92 Å². The topological polar surface area (TPSA) is 116 Å². The molecular weight excluding hydrogens is 376 g/mol. The molecule has 4 bridgehead atoms. The Balaban J connectivity index is 1.81. The predicted molar refractivity (Wildman–Crippen MR) is 101 cm³/mol. The fourth-order valence-corrected chi connectivity index (χ4v) is 7.67. The average molecular weight is 406 g/mol. The molecule has 0 radical (unpaired) electrons. The van der Waals surface area contributed by atoms with Gasteiger partial charge in [-0.15, -0.1) is 0 Å². The molecule has 0 unspecified atom stereocenters. The predicted octanol–water partition coefficient (Wildman–Crippen LogP) is 0.658. The molecule has 0 aromatic rings. The maximum atomic E-state index is 12.0. The maximum Gasteiger partial charge on any atom is 0.302 e. The van der Waals surface area contributed by atoms with Crippen molar-refractivity contribution in [2.45, 2.75) is 70.2 Å². The first kappa shape index (κ1) is 19.7. The minimum Gasteiger partial charge on any atom is -0.462 e. The smallest absolute Gasteiger partial charge is 0.302 e. The first-order chi connectivity index (χ1) is 13.4. The third-order valence-corrected chi connectivity index (χ3v) is 8.79. The third kappa shape index (κ3) is 1.95. The van der Waals surface area contributed by atoms with E-state index in [1.54, 1.807) is 6.08 Å². The van der Waals surface area contributed by atoms with Crippen LogP contribution in [0.2, 0.25) is 0 Å². The van der Waals surface area contributed by atoms with E-state index >= 15 is 0 Å². The van der Waals surface area contributed by atoms with Crippen molar-refractivity contribution < 1.29 is 34.7 Å². The van der Waals surface area contributed by atoms with Gasteiger partial charge < -0.3 is 29.9 Å². The van der Waals surface area contributed by atoms with Crippen LogP contribution in [0.4, 0.5) is 0 Å². The summed E-state index contributed by atoms with van der Waals surface area (Å²) < 4.78 is 11.7. The molecule has 2 aliphatic heterocycles. The maximum absolute atomic E-state index is 12.0. The fourth-order valence-electron chi connectivity index (χ4n) is 7.67. The zero-order valence-corrected chi connectivity index (χ0v) is 17.1. The van der Waals surface area contributed by atoms with Crippen molar-refractivity contribution in [2.24, 2.45) is 28.1 Å². The molecule has 9 atom stereocenters. The van der Waals surface area contributed by atoms with Crippen molar-refractivity contribution in [1.29, 1.82) is 0 Å². The van der Waals surface area contributed by atoms with Crippen molar-refractivity contribution >= 4 is 5.97 Å². The van der Waals surface area contributed by atoms with Crippen LogP contribution in [0.15, 0.2) is 23.8 Å². The van der Waals surface area contributed by atoms with Crippen LogP contribution in [-0.4, -0.2) is 63.2 Å². The Bertz CT molecular complexity index is 833. The number of ether oxygens (including phenoxy) is 2. The molecule has 0 aromatic carbocycles. The largest absolute Gasteiger partial charge is 0.462 e. The molecule has 5 fully saturated rings. The van der Waals surface area contributed by atoms with Crippen molar-refractivity contribution in [3.8, 4) is 0 Å². The van der Waals surface area contributed by atoms with Crippen LogP contribution in [0.1, 0.15) is 40.0 Å². The molecule has 160 valence electrons. The first-order valence-corrected chi connectivity index (χ1v) is 10.4. The number of aliphatic hydroxyl groups excluding tert-OH is 3. The van der Waals surface area contributed by atoms with E-state index in [0.29, 0.717) is 24.0 Å². The Hall–Kier alpha value is -1.25. The SMILES string of the molecule is C=C1[C@H]2C[C@]3(C(=C[C@@H]2O)[C@@]24CO[C@]3(O)[C@@H](O)[C@@H]2C(C)(C)CC[C@@H]4OC(C)=O)[C@@H]1O. The molecule has 2 spiro atoms. The lowest BCUT2D eigenvalue weighted by atomic mass is 9.38. The van der Waals surface area contributed by atoms with Gasteiger partial charge in [-0.05, 0) is 35.8 Å². The highest BCUT2D eigenvalue weighted by atomic mass is 16.6. The molecule has 6 rings (SSSR count). The van der Waals surface area contributed by atoms with E-state index in [1.807, 2.05) is 13.8 Å². The third-order valence-electron chi connectivity index (χ3n) is 8.79. The van der Waals surface area contributed by atoms with Crippen molar-refractivity contribution in [3.05, 3.63) is 23.8 Å². The molecule has 29 heavy (non-hydrogen) atoms. The van der Waals surface area contributed by atoms with Gasteiger partial charge in [0.05, 0.1) is 29.6 Å². The lowest BCUT2D eigenvalue weighted by Crippen LogP contribution is -2.81. The second kappa shape index (κ2) is 5.51. The van der Waals surface area contributed by atoms with Crippen LogP contribution < -0.4 is 0 Å². The molecule has 2 heterocycles. The van der Waals surface area contributed by atoms with Crippen LogP contribution in [0.5, 0.6) is 0 Å².